The van der Waals surface area contributed by atoms with E-state index in [0.717, 1.165) is 28.1 Å². The summed E-state index contributed by atoms with van der Waals surface area (Å²) in [6.45, 7) is 2.05. The maximum Gasteiger partial charge on any atom is 0.251 e. The minimum Gasteiger partial charge on any atom is -0.306 e. The molecule has 0 fully saturated rings. The second-order valence-electron chi connectivity index (χ2n) is 9.40. The van der Waals surface area contributed by atoms with Crippen LogP contribution in [-0.2, 0) is 9.59 Å². The number of anilines is 2. The summed E-state index contributed by atoms with van der Waals surface area (Å²) >= 11 is 0. The van der Waals surface area contributed by atoms with Crippen LogP contribution in [0.2, 0.25) is 0 Å². The van der Waals surface area contributed by atoms with E-state index in [1.165, 1.54) is 0 Å². The predicted molar refractivity (Wildman–Crippen MR) is 156 cm³/mol. The summed E-state index contributed by atoms with van der Waals surface area (Å²) in [6.07, 6.45) is 7.57. The van der Waals surface area contributed by atoms with Crippen molar-refractivity contribution in [3.8, 4) is 0 Å². The zero-order valence-corrected chi connectivity index (χ0v) is 21.4. The van der Waals surface area contributed by atoms with E-state index in [0.29, 0.717) is 6.42 Å². The Morgan fingerprint density at radius 3 is 1.87 bits per heavy atom. The van der Waals surface area contributed by atoms with Crippen LogP contribution in [0.3, 0.4) is 0 Å². The molecule has 1 aliphatic rings. The normalized spacial score (nSPS) is 16.9. The maximum absolute atomic E-state index is 13.8. The van der Waals surface area contributed by atoms with E-state index in [1.807, 2.05) is 144 Å². The molecule has 5 rings (SSSR count). The highest BCUT2D eigenvalue weighted by Gasteiger charge is 2.37. The smallest absolute Gasteiger partial charge is 0.251 e. The lowest BCUT2D eigenvalue weighted by Gasteiger charge is -2.43. The van der Waals surface area contributed by atoms with Crippen LogP contribution in [0.5, 0.6) is 0 Å². The van der Waals surface area contributed by atoms with Crippen molar-refractivity contribution in [3.05, 3.63) is 144 Å². The number of fused-ring (bicyclic) bond motifs is 1. The van der Waals surface area contributed by atoms with Gasteiger partial charge in [-0.1, -0.05) is 97.1 Å². The first kappa shape index (κ1) is 25.0. The van der Waals surface area contributed by atoms with Crippen molar-refractivity contribution in [3.63, 3.8) is 0 Å². The summed E-state index contributed by atoms with van der Waals surface area (Å²) in [7, 11) is 0. The SMILES string of the molecule is CC1CC(N(C(=O)/C=C/c2ccccc2)c2ccccc2)c2ccccc2N1C(=O)/C=C/c1ccccc1. The topological polar surface area (TPSA) is 40.6 Å². The molecule has 1 aliphatic heterocycles. The molecule has 4 aromatic carbocycles. The summed E-state index contributed by atoms with van der Waals surface area (Å²) in [5.41, 5.74) is 4.55. The predicted octanol–water partition coefficient (Wildman–Crippen LogP) is 7.31. The van der Waals surface area contributed by atoms with Gasteiger partial charge in [0.25, 0.3) is 11.8 Å². The van der Waals surface area contributed by atoms with Crippen LogP contribution in [0.15, 0.2) is 127 Å². The average molecular weight is 499 g/mol. The van der Waals surface area contributed by atoms with Crippen molar-refractivity contribution in [1.29, 1.82) is 0 Å². The number of benzene rings is 4. The van der Waals surface area contributed by atoms with Gasteiger partial charge in [0.2, 0.25) is 0 Å². The van der Waals surface area contributed by atoms with Gasteiger partial charge in [0.1, 0.15) is 0 Å². The Hall–Kier alpha value is -4.70. The van der Waals surface area contributed by atoms with Crippen LogP contribution in [0.1, 0.15) is 36.1 Å². The van der Waals surface area contributed by atoms with E-state index in [4.69, 9.17) is 0 Å². The van der Waals surface area contributed by atoms with Crippen LogP contribution in [0.25, 0.3) is 12.2 Å². The van der Waals surface area contributed by atoms with Gasteiger partial charge in [-0.25, -0.2) is 0 Å². The van der Waals surface area contributed by atoms with Crippen molar-refractivity contribution < 1.29 is 9.59 Å². The third-order valence-electron chi connectivity index (χ3n) is 6.82. The van der Waals surface area contributed by atoms with Crippen LogP contribution < -0.4 is 9.80 Å². The fraction of sp³-hybridized carbons (Fsp3) is 0.118. The molecule has 0 radical (unpaired) electrons. The number of para-hydroxylation sites is 2. The van der Waals surface area contributed by atoms with Gasteiger partial charge in [0.05, 0.1) is 6.04 Å². The van der Waals surface area contributed by atoms with Gasteiger partial charge >= 0.3 is 0 Å². The van der Waals surface area contributed by atoms with Gasteiger partial charge in [-0.3, -0.25) is 9.59 Å². The number of rotatable bonds is 6. The summed E-state index contributed by atoms with van der Waals surface area (Å²) in [4.78, 5) is 30.9. The van der Waals surface area contributed by atoms with Gasteiger partial charge < -0.3 is 9.80 Å². The number of hydrogen-bond acceptors (Lipinski definition) is 2. The largest absolute Gasteiger partial charge is 0.306 e. The molecule has 0 saturated heterocycles. The Morgan fingerprint density at radius 2 is 1.24 bits per heavy atom. The first-order valence-electron chi connectivity index (χ1n) is 12.9. The second-order valence-corrected chi connectivity index (χ2v) is 9.40. The number of carbonyl (C=O) groups excluding carboxylic acids is 2. The van der Waals surface area contributed by atoms with E-state index in [1.54, 1.807) is 12.2 Å². The first-order chi connectivity index (χ1) is 18.6. The first-order valence-corrected chi connectivity index (χ1v) is 12.9. The number of hydrogen-bond donors (Lipinski definition) is 0. The fourth-order valence-corrected chi connectivity index (χ4v) is 5.04. The molecule has 2 amide bonds. The van der Waals surface area contributed by atoms with Gasteiger partial charge in [0.15, 0.2) is 0 Å². The third-order valence-corrected chi connectivity index (χ3v) is 6.82. The number of nitrogens with zero attached hydrogens (tertiary/aromatic N) is 2. The third kappa shape index (κ3) is 5.50. The molecule has 4 nitrogen and oxygen atoms in total. The molecule has 0 spiro atoms. The molecular weight excluding hydrogens is 468 g/mol. The van der Waals surface area contributed by atoms with Crippen molar-refractivity contribution in [1.82, 2.24) is 0 Å². The molecular formula is C34H30N2O2. The lowest BCUT2D eigenvalue weighted by atomic mass is 9.89. The second kappa shape index (κ2) is 11.6. The Balaban J connectivity index is 1.50. The van der Waals surface area contributed by atoms with E-state index in [-0.39, 0.29) is 23.9 Å². The molecule has 4 heteroatoms. The molecule has 2 atom stereocenters. The lowest BCUT2D eigenvalue weighted by Crippen LogP contribution is -2.47. The quantitative estimate of drug-likeness (QED) is 0.262. The minimum atomic E-state index is -0.223. The molecule has 0 aliphatic carbocycles. The molecule has 0 bridgehead atoms. The average Bonchev–Trinajstić information content (AvgIpc) is 2.96. The van der Waals surface area contributed by atoms with E-state index in [9.17, 15) is 9.59 Å². The maximum atomic E-state index is 13.8. The molecule has 0 aromatic heterocycles. The molecule has 4 aromatic rings. The minimum absolute atomic E-state index is 0.0752. The Morgan fingerprint density at radius 1 is 0.711 bits per heavy atom. The molecule has 188 valence electrons. The lowest BCUT2D eigenvalue weighted by molar-refractivity contribution is -0.114. The molecule has 0 saturated carbocycles. The van der Waals surface area contributed by atoms with Gasteiger partial charge in [-0.2, -0.15) is 0 Å². The summed E-state index contributed by atoms with van der Waals surface area (Å²) in [5.74, 6) is -0.176. The highest BCUT2D eigenvalue weighted by molar-refractivity contribution is 6.07. The van der Waals surface area contributed by atoms with Gasteiger partial charge in [0, 0.05) is 29.6 Å². The Kier molecular flexibility index (Phi) is 7.60. The molecule has 0 N–H and O–H groups in total. The highest BCUT2D eigenvalue weighted by atomic mass is 16.2. The van der Waals surface area contributed by atoms with E-state index in [2.05, 4.69) is 0 Å². The Labute approximate surface area is 224 Å². The molecule has 38 heavy (non-hydrogen) atoms. The van der Waals surface area contributed by atoms with Crippen LogP contribution >= 0.6 is 0 Å². The molecule has 2 unspecified atom stereocenters. The monoisotopic (exact) mass is 498 g/mol. The molecule has 1 heterocycles. The number of amides is 2. The fourth-order valence-electron chi connectivity index (χ4n) is 5.04. The summed E-state index contributed by atoms with van der Waals surface area (Å²) in [5, 5.41) is 0. The van der Waals surface area contributed by atoms with Gasteiger partial charge in [-0.05, 0) is 60.4 Å². The summed E-state index contributed by atoms with van der Waals surface area (Å²) in [6, 6.07) is 36.9. The van der Waals surface area contributed by atoms with Crippen LogP contribution in [-0.4, -0.2) is 17.9 Å². The zero-order chi connectivity index (χ0) is 26.3. The van der Waals surface area contributed by atoms with Crippen molar-refractivity contribution in [2.45, 2.75) is 25.4 Å². The van der Waals surface area contributed by atoms with Crippen molar-refractivity contribution >= 4 is 35.3 Å². The number of carbonyl (C=O) groups is 2. The van der Waals surface area contributed by atoms with Crippen LogP contribution in [0, 0.1) is 0 Å². The van der Waals surface area contributed by atoms with Crippen molar-refractivity contribution in [2.75, 3.05) is 9.80 Å². The van der Waals surface area contributed by atoms with E-state index < -0.39 is 0 Å². The standard InChI is InChI=1S/C34H30N2O2/c1-26-25-32(36(29-17-9-4-10-18-29)34(38)24-22-28-15-7-3-8-16-28)30-19-11-12-20-31(30)35(26)33(37)23-21-27-13-5-2-6-14-27/h2-24,26,32H,25H2,1H3/b23-21+,24-22+. The zero-order valence-electron chi connectivity index (χ0n) is 21.4. The van der Waals surface area contributed by atoms with Crippen LogP contribution in [0.4, 0.5) is 11.4 Å². The van der Waals surface area contributed by atoms with Gasteiger partial charge in [-0.15, -0.1) is 0 Å². The highest BCUT2D eigenvalue weighted by Crippen LogP contribution is 2.42. The van der Waals surface area contributed by atoms with E-state index >= 15 is 0 Å². The summed E-state index contributed by atoms with van der Waals surface area (Å²) < 4.78 is 0. The van der Waals surface area contributed by atoms with Crippen molar-refractivity contribution in [2.24, 2.45) is 0 Å². The Bertz CT molecular complexity index is 1450.